The molecule has 1 aromatic heterocycles. The first-order valence-electron chi connectivity index (χ1n) is 6.09. The summed E-state index contributed by atoms with van der Waals surface area (Å²) in [5, 5.41) is 0. The van der Waals surface area contributed by atoms with Gasteiger partial charge in [0, 0.05) is 6.61 Å². The molecule has 2 aromatic rings. The third-order valence-electron chi connectivity index (χ3n) is 3.60. The van der Waals surface area contributed by atoms with Crippen molar-refractivity contribution in [3.63, 3.8) is 0 Å². The maximum Gasteiger partial charge on any atom is 0.178 e. The Morgan fingerprint density at radius 3 is 3.06 bits per heavy atom. The van der Waals surface area contributed by atoms with E-state index in [0.717, 1.165) is 30.5 Å². The van der Waals surface area contributed by atoms with E-state index in [-0.39, 0.29) is 11.4 Å². The maximum absolute atomic E-state index is 13.2. The van der Waals surface area contributed by atoms with E-state index in [4.69, 9.17) is 17.0 Å². The SMILES string of the molecule is CC1(n2c(=S)[nH]c3cc(F)ccc32)CCCOC1. The number of fused-ring (bicyclic) bond motifs is 1. The first kappa shape index (κ1) is 11.9. The molecule has 0 aliphatic carbocycles. The van der Waals surface area contributed by atoms with Crippen molar-refractivity contribution >= 4 is 23.3 Å². The highest BCUT2D eigenvalue weighted by molar-refractivity contribution is 7.71. The molecule has 1 atom stereocenters. The highest BCUT2D eigenvalue weighted by atomic mass is 32.1. The number of aromatic amines is 1. The molecule has 0 saturated carbocycles. The zero-order chi connectivity index (χ0) is 12.8. The molecule has 3 nitrogen and oxygen atoms in total. The number of hydrogen-bond acceptors (Lipinski definition) is 2. The van der Waals surface area contributed by atoms with Gasteiger partial charge in [-0.1, -0.05) is 0 Å². The number of hydrogen-bond donors (Lipinski definition) is 1. The van der Waals surface area contributed by atoms with E-state index in [1.54, 1.807) is 6.07 Å². The Hall–Kier alpha value is -1.20. The van der Waals surface area contributed by atoms with Crippen molar-refractivity contribution in [2.24, 2.45) is 0 Å². The van der Waals surface area contributed by atoms with E-state index in [1.165, 1.54) is 12.1 Å². The van der Waals surface area contributed by atoms with E-state index < -0.39 is 0 Å². The Morgan fingerprint density at radius 1 is 1.50 bits per heavy atom. The van der Waals surface area contributed by atoms with Gasteiger partial charge in [-0.15, -0.1) is 0 Å². The van der Waals surface area contributed by atoms with Crippen molar-refractivity contribution in [3.05, 3.63) is 28.8 Å². The van der Waals surface area contributed by atoms with E-state index in [2.05, 4.69) is 16.5 Å². The summed E-state index contributed by atoms with van der Waals surface area (Å²) in [6.07, 6.45) is 2.04. The standard InChI is InChI=1S/C13H15FN2OS/c1-13(5-2-6-17-8-13)16-11-4-3-9(14)7-10(11)15-12(16)18/h3-4,7H,2,5-6,8H2,1H3,(H,15,18). The second-order valence-electron chi connectivity index (χ2n) is 5.08. The van der Waals surface area contributed by atoms with Crippen molar-refractivity contribution in [1.29, 1.82) is 0 Å². The highest BCUT2D eigenvalue weighted by Gasteiger charge is 2.31. The Morgan fingerprint density at radius 2 is 2.33 bits per heavy atom. The Balaban J connectivity index is 2.22. The van der Waals surface area contributed by atoms with Crippen LogP contribution >= 0.6 is 12.2 Å². The van der Waals surface area contributed by atoms with Crippen LogP contribution in [0.4, 0.5) is 4.39 Å². The summed E-state index contributed by atoms with van der Waals surface area (Å²) in [5.41, 5.74) is 1.53. The van der Waals surface area contributed by atoms with Crippen LogP contribution in [0.5, 0.6) is 0 Å². The first-order valence-corrected chi connectivity index (χ1v) is 6.49. The fourth-order valence-electron chi connectivity index (χ4n) is 2.72. The van der Waals surface area contributed by atoms with Gasteiger partial charge in [0.1, 0.15) is 5.82 Å². The molecule has 0 amide bonds. The monoisotopic (exact) mass is 266 g/mol. The van der Waals surface area contributed by atoms with Crippen LogP contribution in [-0.2, 0) is 10.3 Å². The van der Waals surface area contributed by atoms with Crippen LogP contribution in [0.2, 0.25) is 0 Å². The number of benzene rings is 1. The molecular weight excluding hydrogens is 251 g/mol. The van der Waals surface area contributed by atoms with Gasteiger partial charge in [0.15, 0.2) is 4.77 Å². The number of nitrogens with one attached hydrogen (secondary N) is 1. The van der Waals surface area contributed by atoms with E-state index in [1.807, 2.05) is 0 Å². The number of aromatic nitrogens is 2. The van der Waals surface area contributed by atoms with Gasteiger partial charge in [-0.05, 0) is 50.2 Å². The van der Waals surface area contributed by atoms with Crippen LogP contribution in [0.15, 0.2) is 18.2 Å². The summed E-state index contributed by atoms with van der Waals surface area (Å²) >= 11 is 5.38. The maximum atomic E-state index is 13.2. The summed E-state index contributed by atoms with van der Waals surface area (Å²) in [7, 11) is 0. The Labute approximate surface area is 110 Å². The Kier molecular flexibility index (Phi) is 2.75. The number of halogens is 1. The zero-order valence-corrected chi connectivity index (χ0v) is 11.0. The van der Waals surface area contributed by atoms with Gasteiger partial charge in [0.05, 0.1) is 23.2 Å². The highest BCUT2D eigenvalue weighted by Crippen LogP contribution is 2.31. The molecule has 1 saturated heterocycles. The van der Waals surface area contributed by atoms with Gasteiger partial charge in [-0.2, -0.15) is 0 Å². The van der Waals surface area contributed by atoms with Crippen LogP contribution in [0.25, 0.3) is 11.0 Å². The molecule has 5 heteroatoms. The largest absolute Gasteiger partial charge is 0.379 e. The molecule has 96 valence electrons. The van der Waals surface area contributed by atoms with Crippen LogP contribution in [0, 0.1) is 10.6 Å². The van der Waals surface area contributed by atoms with Crippen molar-refractivity contribution < 1.29 is 9.13 Å². The molecule has 1 aromatic carbocycles. The summed E-state index contributed by atoms with van der Waals surface area (Å²) in [4.78, 5) is 3.07. The predicted octanol–water partition coefficient (Wildman–Crippen LogP) is 3.36. The van der Waals surface area contributed by atoms with E-state index in [0.29, 0.717) is 11.4 Å². The second-order valence-corrected chi connectivity index (χ2v) is 5.47. The molecule has 1 unspecified atom stereocenters. The lowest BCUT2D eigenvalue weighted by atomic mass is 9.94. The molecule has 0 radical (unpaired) electrons. The van der Waals surface area contributed by atoms with Gasteiger partial charge >= 0.3 is 0 Å². The number of imidazole rings is 1. The van der Waals surface area contributed by atoms with Gasteiger partial charge < -0.3 is 14.3 Å². The lowest BCUT2D eigenvalue weighted by Crippen LogP contribution is -2.39. The lowest BCUT2D eigenvalue weighted by Gasteiger charge is -2.35. The lowest BCUT2D eigenvalue weighted by molar-refractivity contribution is 0.0108. The Bertz CT molecular complexity index is 640. The molecule has 0 spiro atoms. The molecule has 3 rings (SSSR count). The molecule has 1 fully saturated rings. The second kappa shape index (κ2) is 4.17. The van der Waals surface area contributed by atoms with Gasteiger partial charge in [-0.25, -0.2) is 4.39 Å². The molecular formula is C13H15FN2OS. The van der Waals surface area contributed by atoms with Crippen molar-refractivity contribution in [3.8, 4) is 0 Å². The summed E-state index contributed by atoms with van der Waals surface area (Å²) in [6.45, 7) is 3.59. The average Bonchev–Trinajstić information content (AvgIpc) is 2.65. The minimum atomic E-state index is -0.254. The minimum absolute atomic E-state index is 0.147. The minimum Gasteiger partial charge on any atom is -0.379 e. The quantitative estimate of drug-likeness (QED) is 0.802. The molecule has 1 aliphatic heterocycles. The number of ether oxygens (including phenoxy) is 1. The molecule has 0 bridgehead atoms. The molecule has 18 heavy (non-hydrogen) atoms. The fraction of sp³-hybridized carbons (Fsp3) is 0.462. The first-order chi connectivity index (χ1) is 8.60. The van der Waals surface area contributed by atoms with E-state index in [9.17, 15) is 4.39 Å². The molecule has 1 N–H and O–H groups in total. The normalized spacial score (nSPS) is 24.6. The third-order valence-corrected chi connectivity index (χ3v) is 3.89. The number of nitrogens with zero attached hydrogens (tertiary/aromatic N) is 1. The van der Waals surface area contributed by atoms with Gasteiger partial charge in [0.2, 0.25) is 0 Å². The summed E-state index contributed by atoms with van der Waals surface area (Å²) in [5.74, 6) is -0.254. The van der Waals surface area contributed by atoms with Gasteiger partial charge in [0.25, 0.3) is 0 Å². The fourth-order valence-corrected chi connectivity index (χ4v) is 3.14. The number of H-pyrrole nitrogens is 1. The van der Waals surface area contributed by atoms with Gasteiger partial charge in [-0.3, -0.25) is 0 Å². The zero-order valence-electron chi connectivity index (χ0n) is 10.2. The molecule has 2 heterocycles. The summed E-state index contributed by atoms with van der Waals surface area (Å²) in [6, 6.07) is 4.72. The van der Waals surface area contributed by atoms with Crippen LogP contribution in [-0.4, -0.2) is 22.8 Å². The average molecular weight is 266 g/mol. The third kappa shape index (κ3) is 1.78. The topological polar surface area (TPSA) is 29.9 Å². The number of rotatable bonds is 1. The van der Waals surface area contributed by atoms with Crippen LogP contribution in [0.1, 0.15) is 19.8 Å². The van der Waals surface area contributed by atoms with Crippen LogP contribution < -0.4 is 0 Å². The summed E-state index contributed by atoms with van der Waals surface area (Å²) < 4.78 is 21.5. The van der Waals surface area contributed by atoms with Crippen molar-refractivity contribution in [2.45, 2.75) is 25.3 Å². The van der Waals surface area contributed by atoms with E-state index >= 15 is 0 Å². The van der Waals surface area contributed by atoms with Crippen LogP contribution in [0.3, 0.4) is 0 Å². The van der Waals surface area contributed by atoms with Crippen molar-refractivity contribution in [2.75, 3.05) is 13.2 Å². The predicted molar refractivity (Wildman–Crippen MR) is 70.8 cm³/mol. The smallest absolute Gasteiger partial charge is 0.178 e. The molecule has 1 aliphatic rings. The van der Waals surface area contributed by atoms with Crippen molar-refractivity contribution in [1.82, 2.24) is 9.55 Å².